The Hall–Kier alpha value is -2.17. The number of hydrogen-bond acceptors (Lipinski definition) is 4. The fraction of sp³-hybridized carbons (Fsp3) is 0.286. The first-order valence-electron chi connectivity index (χ1n) is 6.07. The average molecular weight is 263 g/mol. The second-order valence-electron chi connectivity index (χ2n) is 4.42. The van der Waals surface area contributed by atoms with Crippen LogP contribution < -0.4 is 16.2 Å². The molecule has 5 heteroatoms. The van der Waals surface area contributed by atoms with Gasteiger partial charge in [0, 0.05) is 23.7 Å². The number of benzene rings is 1. The van der Waals surface area contributed by atoms with Crippen molar-refractivity contribution in [2.75, 3.05) is 12.8 Å². The molecule has 1 aliphatic rings. The van der Waals surface area contributed by atoms with Crippen molar-refractivity contribution < 1.29 is 9.13 Å². The lowest BCUT2D eigenvalue weighted by molar-refractivity contribution is 0.353. The van der Waals surface area contributed by atoms with Crippen molar-refractivity contribution in [3.8, 4) is 5.75 Å². The van der Waals surface area contributed by atoms with Gasteiger partial charge < -0.3 is 21.1 Å². The summed E-state index contributed by atoms with van der Waals surface area (Å²) in [6.07, 6.45) is 4.72. The molecule has 1 unspecified atom stereocenters. The predicted molar refractivity (Wildman–Crippen MR) is 73.6 cm³/mol. The number of hydrogen-bond donors (Lipinski definition) is 2. The molecule has 102 valence electrons. The minimum atomic E-state index is -0.369. The summed E-state index contributed by atoms with van der Waals surface area (Å²) < 4.78 is 19.5. The van der Waals surface area contributed by atoms with Crippen molar-refractivity contribution in [1.29, 1.82) is 0 Å². The van der Waals surface area contributed by atoms with Gasteiger partial charge in [0.05, 0.1) is 18.7 Å². The van der Waals surface area contributed by atoms with E-state index in [1.165, 1.54) is 19.4 Å². The third kappa shape index (κ3) is 2.23. The van der Waals surface area contributed by atoms with E-state index in [0.29, 0.717) is 17.0 Å². The van der Waals surface area contributed by atoms with Crippen LogP contribution in [-0.4, -0.2) is 12.0 Å². The normalized spacial score (nSPS) is 20.8. The van der Waals surface area contributed by atoms with E-state index in [1.54, 1.807) is 12.3 Å². The molecule has 0 bridgehead atoms. The maximum absolute atomic E-state index is 14.2. The third-order valence-corrected chi connectivity index (χ3v) is 3.40. The van der Waals surface area contributed by atoms with E-state index in [2.05, 4.69) is 6.58 Å². The van der Waals surface area contributed by atoms with Gasteiger partial charge in [-0.2, -0.15) is 0 Å². The molecule has 1 atom stereocenters. The largest absolute Gasteiger partial charge is 0.496 e. The molecule has 1 aliphatic heterocycles. The van der Waals surface area contributed by atoms with Gasteiger partial charge in [0.15, 0.2) is 0 Å². The molecule has 1 aromatic rings. The zero-order valence-electron chi connectivity index (χ0n) is 10.9. The smallest absolute Gasteiger partial charge is 0.134 e. The van der Waals surface area contributed by atoms with Crippen LogP contribution in [0, 0.1) is 5.82 Å². The number of likely N-dealkylation sites (tertiary alicyclic amines) is 1. The van der Waals surface area contributed by atoms with Crippen LogP contribution in [0.15, 0.2) is 36.8 Å². The van der Waals surface area contributed by atoms with Crippen LogP contribution in [-0.2, 0) is 0 Å². The maximum atomic E-state index is 14.2. The number of ether oxygens (including phenoxy) is 1. The third-order valence-electron chi connectivity index (χ3n) is 3.40. The van der Waals surface area contributed by atoms with Gasteiger partial charge in [0.25, 0.3) is 0 Å². The first kappa shape index (κ1) is 13.3. The molecule has 0 aromatic heterocycles. The summed E-state index contributed by atoms with van der Waals surface area (Å²) >= 11 is 0. The Morgan fingerprint density at radius 3 is 2.84 bits per heavy atom. The molecule has 1 fully saturated rings. The Balaban J connectivity index is 2.50. The van der Waals surface area contributed by atoms with Crippen molar-refractivity contribution >= 4 is 5.69 Å². The molecule has 1 saturated heterocycles. The zero-order chi connectivity index (χ0) is 14.0. The second kappa shape index (κ2) is 5.22. The highest BCUT2D eigenvalue weighted by Crippen LogP contribution is 2.43. The van der Waals surface area contributed by atoms with Gasteiger partial charge in [-0.15, -0.1) is 0 Å². The van der Waals surface area contributed by atoms with E-state index in [4.69, 9.17) is 16.2 Å². The lowest BCUT2D eigenvalue weighted by atomic mass is 10.0. The highest BCUT2D eigenvalue weighted by atomic mass is 19.1. The van der Waals surface area contributed by atoms with Gasteiger partial charge in [-0.3, -0.25) is 0 Å². The Morgan fingerprint density at radius 1 is 1.53 bits per heavy atom. The van der Waals surface area contributed by atoms with Crippen LogP contribution in [0.3, 0.4) is 0 Å². The Labute approximate surface area is 112 Å². The fourth-order valence-corrected chi connectivity index (χ4v) is 2.56. The average Bonchev–Trinajstić information content (AvgIpc) is 2.80. The quantitative estimate of drug-likeness (QED) is 0.822. The highest BCUT2D eigenvalue weighted by Gasteiger charge is 2.32. The molecule has 0 spiro atoms. The van der Waals surface area contributed by atoms with E-state index in [1.807, 2.05) is 4.90 Å². The minimum absolute atomic E-state index is 0.164. The van der Waals surface area contributed by atoms with Gasteiger partial charge in [0.2, 0.25) is 0 Å². The van der Waals surface area contributed by atoms with Crippen molar-refractivity contribution in [2.45, 2.75) is 18.9 Å². The summed E-state index contributed by atoms with van der Waals surface area (Å²) in [7, 11) is 1.50. The lowest BCUT2D eigenvalue weighted by Crippen LogP contribution is -2.18. The van der Waals surface area contributed by atoms with Crippen LogP contribution in [0.2, 0.25) is 0 Å². The van der Waals surface area contributed by atoms with Crippen LogP contribution in [0.4, 0.5) is 10.1 Å². The van der Waals surface area contributed by atoms with Crippen molar-refractivity contribution in [1.82, 2.24) is 4.90 Å². The van der Waals surface area contributed by atoms with E-state index < -0.39 is 0 Å². The molecule has 4 nitrogen and oxygen atoms in total. The minimum Gasteiger partial charge on any atom is -0.496 e. The first-order chi connectivity index (χ1) is 9.12. The molecule has 19 heavy (non-hydrogen) atoms. The molecule has 0 radical (unpaired) electrons. The zero-order valence-corrected chi connectivity index (χ0v) is 10.9. The Bertz CT molecular complexity index is 528. The predicted octanol–water partition coefficient (Wildman–Crippen LogP) is 2.50. The highest BCUT2D eigenvalue weighted by molar-refractivity contribution is 5.51. The molecular weight excluding hydrogens is 245 g/mol. The van der Waals surface area contributed by atoms with Crippen LogP contribution in [0.25, 0.3) is 0 Å². The topological polar surface area (TPSA) is 64.5 Å². The second-order valence-corrected chi connectivity index (χ2v) is 4.42. The van der Waals surface area contributed by atoms with Crippen LogP contribution in [0.1, 0.15) is 24.4 Å². The standard InChI is InChI=1S/C14H18FN3O/c1-3-18-10(8-16)4-5-12(18)14-11(15)6-9(17)7-13(14)19-2/h3,6-8,12H,1,4-5,16-17H2,2H3/b10-8-. The van der Waals surface area contributed by atoms with E-state index in [-0.39, 0.29) is 11.9 Å². The number of allylic oxidation sites excluding steroid dienone is 1. The Morgan fingerprint density at radius 2 is 2.26 bits per heavy atom. The summed E-state index contributed by atoms with van der Waals surface area (Å²) in [6.45, 7) is 3.76. The van der Waals surface area contributed by atoms with Gasteiger partial charge in [-0.1, -0.05) is 6.58 Å². The number of anilines is 1. The molecule has 1 heterocycles. The van der Waals surface area contributed by atoms with E-state index in [9.17, 15) is 4.39 Å². The van der Waals surface area contributed by atoms with Crippen LogP contribution >= 0.6 is 0 Å². The summed E-state index contributed by atoms with van der Waals surface area (Å²) in [5, 5.41) is 0. The summed E-state index contributed by atoms with van der Waals surface area (Å²) in [5.74, 6) is 0.0830. The number of nitrogens with zero attached hydrogens (tertiary/aromatic N) is 1. The molecule has 0 aliphatic carbocycles. The molecule has 0 saturated carbocycles. The van der Waals surface area contributed by atoms with Crippen molar-refractivity contribution in [3.05, 3.63) is 48.2 Å². The van der Waals surface area contributed by atoms with Gasteiger partial charge in [0.1, 0.15) is 11.6 Å². The number of halogens is 1. The first-order valence-corrected chi connectivity index (χ1v) is 6.07. The van der Waals surface area contributed by atoms with E-state index in [0.717, 1.165) is 18.5 Å². The van der Waals surface area contributed by atoms with Crippen molar-refractivity contribution in [2.24, 2.45) is 5.73 Å². The van der Waals surface area contributed by atoms with E-state index >= 15 is 0 Å². The molecular formula is C14H18FN3O. The summed E-state index contributed by atoms with van der Waals surface area (Å²) in [6, 6.07) is 2.77. The molecule has 2 rings (SSSR count). The van der Waals surface area contributed by atoms with Gasteiger partial charge in [-0.05, 0) is 25.1 Å². The van der Waals surface area contributed by atoms with Crippen molar-refractivity contribution in [3.63, 3.8) is 0 Å². The number of rotatable bonds is 3. The molecule has 0 amide bonds. The molecule has 1 aromatic carbocycles. The SMILES string of the molecule is C=CN1/C(=C\N)CCC1c1c(F)cc(N)cc1OC. The van der Waals surface area contributed by atoms with Crippen LogP contribution in [0.5, 0.6) is 5.75 Å². The van der Waals surface area contributed by atoms with Gasteiger partial charge >= 0.3 is 0 Å². The summed E-state index contributed by atoms with van der Waals surface area (Å²) in [4.78, 5) is 1.87. The number of nitrogen functional groups attached to an aromatic ring is 1. The fourth-order valence-electron chi connectivity index (χ4n) is 2.56. The maximum Gasteiger partial charge on any atom is 0.134 e. The lowest BCUT2D eigenvalue weighted by Gasteiger charge is -2.25. The summed E-state index contributed by atoms with van der Waals surface area (Å²) in [5.41, 5.74) is 13.0. The number of nitrogens with two attached hydrogens (primary N) is 2. The Kier molecular flexibility index (Phi) is 3.64. The van der Waals surface area contributed by atoms with Gasteiger partial charge in [-0.25, -0.2) is 4.39 Å². The molecule has 4 N–H and O–H groups in total. The monoisotopic (exact) mass is 263 g/mol. The number of methoxy groups -OCH3 is 1.